The number of hydrogen-bond acceptors (Lipinski definition) is 14. The molecule has 0 radical (unpaired) electrons. The van der Waals surface area contributed by atoms with E-state index in [0.717, 1.165) is 94.3 Å². The van der Waals surface area contributed by atoms with Gasteiger partial charge in [-0.15, -0.1) is 0 Å². The smallest absolute Gasteiger partial charge is 0.377 e. The fraction of sp³-hybridized carbons (Fsp3) is 0.897. The Kier molecular flexibility index (Phi) is 15.9. The molecule has 0 heterocycles. The molecule has 0 aromatic carbocycles. The summed E-state index contributed by atoms with van der Waals surface area (Å²) < 4.78 is 121. The van der Waals surface area contributed by atoms with Crippen LogP contribution >= 0.6 is 0 Å². The standard InChI is InChI=1S/C25H34F2O5.C17H24F2O4.C16H22F2O5/c1-24(26,27)22(28)32-21-18-7-15-8-19(21)11-25(9-15,10-18)23(29)31-12-30-20-16-3-13-2-14(5-16)6-17(20)4-13;1-3-17(23-14(20)9-22-15(21)16(2,18)19)12-5-10-4-11(7-12)8-13(17)6-10;1-15(17,18)13(19)23-12-10-3-9-4-11(12)7-16(5-9,6-10)14(20)22-8-21-2/h13-21H,2-12H2,1H3;10-13H,3-9H2,1-2H3;9-12H,3-8H2,1-2H3. The minimum absolute atomic E-state index is 0.0219. The summed E-state index contributed by atoms with van der Waals surface area (Å²) in [6, 6.07) is 0. The molecule has 4 unspecified atom stereocenters. The first-order valence-corrected chi connectivity index (χ1v) is 29.1. The minimum Gasteiger partial charge on any atom is -0.457 e. The molecule has 4 atom stereocenters. The largest absolute Gasteiger partial charge is 0.457 e. The van der Waals surface area contributed by atoms with Gasteiger partial charge in [0.15, 0.2) is 20.2 Å². The molecule has 14 nitrogen and oxygen atoms in total. The quantitative estimate of drug-likeness (QED) is 0.0617. The number of alkyl halides is 6. The molecule has 0 amide bonds. The van der Waals surface area contributed by atoms with E-state index in [4.69, 9.17) is 33.2 Å². The Morgan fingerprint density at radius 1 is 0.449 bits per heavy atom. The van der Waals surface area contributed by atoms with Crippen LogP contribution in [0.4, 0.5) is 26.3 Å². The zero-order chi connectivity index (χ0) is 55.9. The van der Waals surface area contributed by atoms with Crippen molar-refractivity contribution in [3.8, 4) is 0 Å². The third-order valence-corrected chi connectivity index (χ3v) is 21.4. The Morgan fingerprint density at radius 2 is 0.821 bits per heavy atom. The molecule has 16 bridgehead atoms. The van der Waals surface area contributed by atoms with Gasteiger partial charge >= 0.3 is 53.6 Å². The molecule has 0 aliphatic heterocycles. The average molecular weight is 1120 g/mol. The summed E-state index contributed by atoms with van der Waals surface area (Å²) in [6.07, 6.45) is 19.1. The van der Waals surface area contributed by atoms with Crippen LogP contribution in [0.1, 0.15) is 163 Å². The summed E-state index contributed by atoms with van der Waals surface area (Å²) >= 11 is 0. The third-order valence-electron chi connectivity index (χ3n) is 21.4. The lowest BCUT2D eigenvalue weighted by atomic mass is 9.48. The van der Waals surface area contributed by atoms with Gasteiger partial charge in [0, 0.05) is 27.9 Å². The summed E-state index contributed by atoms with van der Waals surface area (Å²) in [7, 11) is 1.45. The van der Waals surface area contributed by atoms with Gasteiger partial charge in [0.25, 0.3) is 0 Å². The summed E-state index contributed by atoms with van der Waals surface area (Å²) in [5, 5.41) is 0. The van der Waals surface area contributed by atoms with E-state index in [9.17, 15) is 55.1 Å². The molecule has 0 aromatic rings. The Hall–Kier alpha value is -3.68. The van der Waals surface area contributed by atoms with Crippen molar-refractivity contribution in [3.63, 3.8) is 0 Å². The summed E-state index contributed by atoms with van der Waals surface area (Å²) in [5.41, 5.74) is -1.63. The predicted molar refractivity (Wildman–Crippen MR) is 262 cm³/mol. The average Bonchev–Trinajstić information content (AvgIpc) is 3.53. The topological polar surface area (TPSA) is 176 Å². The van der Waals surface area contributed by atoms with Gasteiger partial charge in [0.05, 0.1) is 16.9 Å². The van der Waals surface area contributed by atoms with Gasteiger partial charge in [0.1, 0.15) is 17.8 Å². The monoisotopic (exact) mass is 1110 g/mol. The van der Waals surface area contributed by atoms with Crippen LogP contribution in [0.5, 0.6) is 0 Å². The molecular formula is C58H80F6O14. The first-order chi connectivity index (χ1) is 36.7. The lowest BCUT2D eigenvalue weighted by molar-refractivity contribution is -0.218. The van der Waals surface area contributed by atoms with Crippen molar-refractivity contribution in [2.24, 2.45) is 93.7 Å². The van der Waals surface area contributed by atoms with Crippen molar-refractivity contribution in [2.75, 3.05) is 27.3 Å². The Balaban J connectivity index is 0.000000136. The van der Waals surface area contributed by atoms with Crippen LogP contribution in [0.25, 0.3) is 0 Å². The first kappa shape index (κ1) is 57.6. The fourth-order valence-corrected chi connectivity index (χ4v) is 19.3. The van der Waals surface area contributed by atoms with Crippen LogP contribution in [0.15, 0.2) is 0 Å². The Labute approximate surface area is 452 Å². The summed E-state index contributed by atoms with van der Waals surface area (Å²) in [4.78, 5) is 72.1. The van der Waals surface area contributed by atoms with Crippen LogP contribution in [-0.4, -0.2) is 105 Å². The molecule has 16 aliphatic rings. The Morgan fingerprint density at radius 3 is 1.19 bits per heavy atom. The maximum atomic E-state index is 13.4. The number of rotatable bonds is 16. The van der Waals surface area contributed by atoms with E-state index in [1.165, 1.54) is 45.6 Å². The molecular weight excluding hydrogens is 1030 g/mol. The lowest BCUT2D eigenvalue weighted by Crippen LogP contribution is -2.59. The first-order valence-electron chi connectivity index (χ1n) is 29.1. The number of methoxy groups -OCH3 is 1. The number of esters is 6. The third kappa shape index (κ3) is 11.4. The van der Waals surface area contributed by atoms with Crippen molar-refractivity contribution in [2.45, 2.75) is 204 Å². The molecule has 16 aliphatic carbocycles. The molecule has 0 N–H and O–H groups in total. The van der Waals surface area contributed by atoms with Crippen LogP contribution < -0.4 is 0 Å². The highest BCUT2D eigenvalue weighted by Gasteiger charge is 2.63. The zero-order valence-corrected chi connectivity index (χ0v) is 45.8. The zero-order valence-electron chi connectivity index (χ0n) is 45.8. The number of ether oxygens (including phenoxy) is 8. The van der Waals surface area contributed by atoms with Crippen molar-refractivity contribution in [1.29, 1.82) is 0 Å². The van der Waals surface area contributed by atoms with Crippen LogP contribution in [0, 0.1) is 93.7 Å². The molecule has 16 rings (SSSR count). The predicted octanol–water partition coefficient (Wildman–Crippen LogP) is 10.6. The van der Waals surface area contributed by atoms with Gasteiger partial charge in [-0.2, -0.15) is 26.3 Å². The van der Waals surface area contributed by atoms with Crippen LogP contribution in [0.2, 0.25) is 0 Å². The van der Waals surface area contributed by atoms with Gasteiger partial charge in [-0.05, 0) is 218 Å². The van der Waals surface area contributed by atoms with Gasteiger partial charge in [-0.25, -0.2) is 19.2 Å². The van der Waals surface area contributed by atoms with Gasteiger partial charge in [0.2, 0.25) is 0 Å². The van der Waals surface area contributed by atoms with Crippen molar-refractivity contribution in [1.82, 2.24) is 0 Å². The number of hydrogen-bond donors (Lipinski definition) is 0. The molecule has 78 heavy (non-hydrogen) atoms. The molecule has 438 valence electrons. The minimum atomic E-state index is -3.59. The van der Waals surface area contributed by atoms with Crippen molar-refractivity contribution in [3.05, 3.63) is 0 Å². The second kappa shape index (κ2) is 21.6. The number of halogens is 6. The molecule has 20 heteroatoms. The normalized spacial score (nSPS) is 42.4. The fourth-order valence-electron chi connectivity index (χ4n) is 19.3. The highest BCUT2D eigenvalue weighted by atomic mass is 19.3. The van der Waals surface area contributed by atoms with Crippen LogP contribution in [-0.2, 0) is 66.7 Å². The molecule has 0 saturated heterocycles. The van der Waals surface area contributed by atoms with Crippen molar-refractivity contribution >= 4 is 35.8 Å². The maximum absolute atomic E-state index is 13.4. The highest BCUT2D eigenvalue weighted by Crippen LogP contribution is 2.64. The highest BCUT2D eigenvalue weighted by molar-refractivity contribution is 5.81. The Bertz CT molecular complexity index is 2190. The number of carbonyl (C=O) groups is 6. The van der Waals surface area contributed by atoms with E-state index in [2.05, 4.69) is 4.74 Å². The lowest BCUT2D eigenvalue weighted by Gasteiger charge is -2.60. The molecule has 16 fully saturated rings. The summed E-state index contributed by atoms with van der Waals surface area (Å²) in [5.74, 6) is -10.6. The summed E-state index contributed by atoms with van der Waals surface area (Å²) in [6.45, 7) is 2.79. The van der Waals surface area contributed by atoms with Crippen LogP contribution in [0.3, 0.4) is 0 Å². The van der Waals surface area contributed by atoms with Gasteiger partial charge < -0.3 is 37.9 Å². The van der Waals surface area contributed by atoms with Crippen molar-refractivity contribution < 1.29 is 93.0 Å². The molecule has 16 saturated carbocycles. The van der Waals surface area contributed by atoms with Gasteiger partial charge in [-0.1, -0.05) is 6.92 Å². The van der Waals surface area contributed by atoms with E-state index >= 15 is 0 Å². The van der Waals surface area contributed by atoms with E-state index < -0.39 is 76.9 Å². The SMILES string of the molecule is CC(F)(F)C(=O)OC1C2CC3CC1CC(C(=O)OCOC1C4CC5CC(C4)CC1C5)(C3)C2.CCC1(OC(=O)COC(=O)C(C)(F)F)C2CC3CC(C2)CC1C3.COCOC(=O)C12CC3CC(C1)C(OC(=O)C(C)(F)F)C(C3)C2. The van der Waals surface area contributed by atoms with E-state index in [-0.39, 0.29) is 55.3 Å². The second-order valence-electron chi connectivity index (χ2n) is 27.0. The van der Waals surface area contributed by atoms with E-state index in [0.29, 0.717) is 82.0 Å². The van der Waals surface area contributed by atoms with E-state index in [1.807, 2.05) is 6.92 Å². The molecule has 0 spiro atoms. The number of carbonyl (C=O) groups excluding carboxylic acids is 6. The molecule has 0 aromatic heterocycles. The van der Waals surface area contributed by atoms with E-state index in [1.54, 1.807) is 0 Å². The second-order valence-corrected chi connectivity index (χ2v) is 27.0. The maximum Gasteiger partial charge on any atom is 0.377 e. The van der Waals surface area contributed by atoms with Gasteiger partial charge in [-0.3, -0.25) is 9.59 Å².